The number of hydrogen-bond donors (Lipinski definition) is 1. The Morgan fingerprint density at radius 1 is 1.22 bits per heavy atom. The van der Waals surface area contributed by atoms with Crippen molar-refractivity contribution < 1.29 is 4.79 Å². The molecule has 1 N–H and O–H groups in total. The molecule has 98 valence electrons. The highest BCUT2D eigenvalue weighted by Crippen LogP contribution is 2.18. The summed E-state index contributed by atoms with van der Waals surface area (Å²) in [6, 6.07) is 8.25. The highest BCUT2D eigenvalue weighted by molar-refractivity contribution is 14.1. The lowest BCUT2D eigenvalue weighted by Gasteiger charge is -2.22. The van der Waals surface area contributed by atoms with Crippen LogP contribution in [0.15, 0.2) is 24.3 Å². The Labute approximate surface area is 123 Å². The van der Waals surface area contributed by atoms with Crippen molar-refractivity contribution >= 4 is 28.4 Å². The molecule has 0 amide bonds. The van der Waals surface area contributed by atoms with Crippen molar-refractivity contribution in [2.24, 2.45) is 5.92 Å². The average molecular weight is 357 g/mol. The first-order valence-electron chi connectivity index (χ1n) is 6.71. The Morgan fingerprint density at radius 3 is 2.56 bits per heavy atom. The molecule has 0 aliphatic carbocycles. The molecule has 2 nitrogen and oxygen atoms in total. The SMILES string of the molecule is O=C(CCC1CCNCC1)Cc1ccc(I)cc1. The van der Waals surface area contributed by atoms with Crippen LogP contribution in [0.4, 0.5) is 0 Å². The third-order valence-electron chi connectivity index (χ3n) is 3.60. The van der Waals surface area contributed by atoms with E-state index >= 15 is 0 Å². The van der Waals surface area contributed by atoms with E-state index in [1.165, 1.54) is 16.4 Å². The van der Waals surface area contributed by atoms with Gasteiger partial charge in [-0.1, -0.05) is 12.1 Å². The Balaban J connectivity index is 1.73. The number of ketones is 1. The number of carbonyl (C=O) groups is 1. The maximum Gasteiger partial charge on any atom is 0.137 e. The van der Waals surface area contributed by atoms with Crippen LogP contribution >= 0.6 is 22.6 Å². The van der Waals surface area contributed by atoms with Crippen LogP contribution in [0.3, 0.4) is 0 Å². The van der Waals surface area contributed by atoms with Gasteiger partial charge in [0.1, 0.15) is 5.78 Å². The van der Waals surface area contributed by atoms with Gasteiger partial charge in [0.25, 0.3) is 0 Å². The zero-order valence-corrected chi connectivity index (χ0v) is 12.8. The average Bonchev–Trinajstić information content (AvgIpc) is 2.40. The second kappa shape index (κ2) is 7.24. The molecular weight excluding hydrogens is 337 g/mol. The van der Waals surface area contributed by atoms with Gasteiger partial charge in [0.05, 0.1) is 0 Å². The van der Waals surface area contributed by atoms with E-state index in [1.54, 1.807) is 0 Å². The van der Waals surface area contributed by atoms with Crippen molar-refractivity contribution in [2.75, 3.05) is 13.1 Å². The monoisotopic (exact) mass is 357 g/mol. The molecule has 0 atom stereocenters. The summed E-state index contributed by atoms with van der Waals surface area (Å²) in [7, 11) is 0. The molecule has 0 spiro atoms. The second-order valence-corrected chi connectivity index (χ2v) is 6.32. The molecular formula is C15H20INO. The lowest BCUT2D eigenvalue weighted by molar-refractivity contribution is -0.118. The molecule has 1 fully saturated rings. The summed E-state index contributed by atoms with van der Waals surface area (Å²) in [6.07, 6.45) is 4.89. The fourth-order valence-corrected chi connectivity index (χ4v) is 2.81. The van der Waals surface area contributed by atoms with Crippen molar-refractivity contribution in [1.29, 1.82) is 0 Å². The molecule has 1 saturated heterocycles. The minimum Gasteiger partial charge on any atom is -0.317 e. The van der Waals surface area contributed by atoms with Crippen molar-refractivity contribution in [3.05, 3.63) is 33.4 Å². The maximum atomic E-state index is 11.9. The summed E-state index contributed by atoms with van der Waals surface area (Å²) >= 11 is 2.29. The van der Waals surface area contributed by atoms with Crippen LogP contribution in [-0.4, -0.2) is 18.9 Å². The van der Waals surface area contributed by atoms with Gasteiger partial charge in [-0.15, -0.1) is 0 Å². The van der Waals surface area contributed by atoms with E-state index < -0.39 is 0 Å². The van der Waals surface area contributed by atoms with Crippen LogP contribution in [0.5, 0.6) is 0 Å². The molecule has 0 unspecified atom stereocenters. The molecule has 1 aromatic rings. The number of carbonyl (C=O) groups excluding carboxylic acids is 1. The standard InChI is InChI=1S/C15H20INO/c16-14-4-1-13(2-5-14)11-15(18)6-3-12-7-9-17-10-8-12/h1-2,4-5,12,17H,3,6-11H2. The second-order valence-electron chi connectivity index (χ2n) is 5.07. The molecule has 2 rings (SSSR count). The summed E-state index contributed by atoms with van der Waals surface area (Å²) in [5, 5.41) is 3.36. The van der Waals surface area contributed by atoms with Crippen molar-refractivity contribution in [2.45, 2.75) is 32.1 Å². The zero-order valence-electron chi connectivity index (χ0n) is 10.6. The van der Waals surface area contributed by atoms with Crippen LogP contribution in [0.2, 0.25) is 0 Å². The van der Waals surface area contributed by atoms with Gasteiger partial charge < -0.3 is 5.32 Å². The summed E-state index contributed by atoms with van der Waals surface area (Å²) in [6.45, 7) is 2.24. The number of hydrogen-bond acceptors (Lipinski definition) is 2. The largest absolute Gasteiger partial charge is 0.317 e. The van der Waals surface area contributed by atoms with Gasteiger partial charge in [-0.3, -0.25) is 4.79 Å². The molecule has 0 radical (unpaired) electrons. The number of piperidine rings is 1. The van der Waals surface area contributed by atoms with E-state index in [4.69, 9.17) is 0 Å². The molecule has 0 aromatic heterocycles. The van der Waals surface area contributed by atoms with Crippen molar-refractivity contribution in [1.82, 2.24) is 5.32 Å². The van der Waals surface area contributed by atoms with E-state index in [0.29, 0.717) is 12.2 Å². The predicted octanol–water partition coefficient (Wildman–Crippen LogP) is 3.18. The Bertz CT molecular complexity index is 382. The smallest absolute Gasteiger partial charge is 0.137 e. The predicted molar refractivity (Wildman–Crippen MR) is 82.7 cm³/mol. The van der Waals surface area contributed by atoms with E-state index in [-0.39, 0.29) is 0 Å². The quantitative estimate of drug-likeness (QED) is 0.821. The molecule has 1 aliphatic heterocycles. The first kappa shape index (κ1) is 14.0. The first-order valence-corrected chi connectivity index (χ1v) is 7.79. The van der Waals surface area contributed by atoms with Crippen LogP contribution in [0, 0.1) is 9.49 Å². The van der Waals surface area contributed by atoms with Crippen LogP contribution < -0.4 is 5.32 Å². The first-order chi connectivity index (χ1) is 8.74. The van der Waals surface area contributed by atoms with Gasteiger partial charge in [0.2, 0.25) is 0 Å². The van der Waals surface area contributed by atoms with E-state index in [1.807, 2.05) is 0 Å². The van der Waals surface area contributed by atoms with Crippen molar-refractivity contribution in [3.63, 3.8) is 0 Å². The lowest BCUT2D eigenvalue weighted by atomic mass is 9.91. The normalized spacial score (nSPS) is 16.7. The topological polar surface area (TPSA) is 29.1 Å². The van der Waals surface area contributed by atoms with Gasteiger partial charge in [0, 0.05) is 16.4 Å². The highest BCUT2D eigenvalue weighted by atomic mass is 127. The zero-order chi connectivity index (χ0) is 12.8. The summed E-state index contributed by atoms with van der Waals surface area (Å²) in [5.74, 6) is 1.14. The van der Waals surface area contributed by atoms with Gasteiger partial charge in [0.15, 0.2) is 0 Å². The molecule has 0 saturated carbocycles. The third kappa shape index (κ3) is 4.69. The van der Waals surface area contributed by atoms with Crippen LogP contribution in [0.25, 0.3) is 0 Å². The Morgan fingerprint density at radius 2 is 1.89 bits per heavy atom. The number of nitrogens with one attached hydrogen (secondary N) is 1. The summed E-state index contributed by atoms with van der Waals surface area (Å²) in [4.78, 5) is 11.9. The molecule has 1 heterocycles. The summed E-state index contributed by atoms with van der Waals surface area (Å²) in [5.41, 5.74) is 1.14. The molecule has 1 aliphatic rings. The van der Waals surface area contributed by atoms with Crippen LogP contribution in [-0.2, 0) is 11.2 Å². The molecule has 1 aromatic carbocycles. The van der Waals surface area contributed by atoms with Crippen LogP contribution in [0.1, 0.15) is 31.2 Å². The van der Waals surface area contributed by atoms with Gasteiger partial charge in [-0.05, 0) is 78.6 Å². The van der Waals surface area contributed by atoms with Gasteiger partial charge in [-0.2, -0.15) is 0 Å². The minimum atomic E-state index is 0.384. The highest BCUT2D eigenvalue weighted by Gasteiger charge is 2.14. The molecule has 0 bridgehead atoms. The molecule has 18 heavy (non-hydrogen) atoms. The number of Topliss-reactive ketones (excluding diaryl/α,β-unsaturated/α-hetero) is 1. The fraction of sp³-hybridized carbons (Fsp3) is 0.533. The van der Waals surface area contributed by atoms with Gasteiger partial charge in [-0.25, -0.2) is 0 Å². The lowest BCUT2D eigenvalue weighted by Crippen LogP contribution is -2.28. The molecule has 3 heteroatoms. The van der Waals surface area contributed by atoms with Gasteiger partial charge >= 0.3 is 0 Å². The Kier molecular flexibility index (Phi) is 5.63. The van der Waals surface area contributed by atoms with E-state index in [2.05, 4.69) is 52.2 Å². The minimum absolute atomic E-state index is 0.384. The Hall–Kier alpha value is -0.420. The third-order valence-corrected chi connectivity index (χ3v) is 4.32. The number of benzene rings is 1. The van der Waals surface area contributed by atoms with E-state index in [0.717, 1.165) is 37.4 Å². The maximum absolute atomic E-state index is 11.9. The summed E-state index contributed by atoms with van der Waals surface area (Å²) < 4.78 is 1.22. The number of halogens is 1. The van der Waals surface area contributed by atoms with E-state index in [9.17, 15) is 4.79 Å². The fourth-order valence-electron chi connectivity index (χ4n) is 2.45. The van der Waals surface area contributed by atoms with Crippen molar-refractivity contribution in [3.8, 4) is 0 Å². The number of rotatable bonds is 5.